The molecule has 1 aliphatic rings. The maximum Gasteiger partial charge on any atom is 0.433 e. The number of halogens is 8. The quantitative estimate of drug-likeness (QED) is 0.388. The number of pyridine rings is 1. The van der Waals surface area contributed by atoms with Crippen molar-refractivity contribution in [3.05, 3.63) is 59.1 Å². The summed E-state index contributed by atoms with van der Waals surface area (Å²) < 4.78 is 120. The lowest BCUT2D eigenvalue weighted by Gasteiger charge is -2.18. The molecular weight excluding hydrogens is 562 g/mol. The fourth-order valence-corrected chi connectivity index (χ4v) is 4.08. The predicted molar refractivity (Wildman–Crippen MR) is 120 cm³/mol. The molecule has 1 N–H and O–H groups in total. The molecule has 3 aromatic rings. The van der Waals surface area contributed by atoms with Gasteiger partial charge in [0, 0.05) is 17.1 Å². The highest BCUT2D eigenvalue weighted by Crippen LogP contribution is 2.34. The van der Waals surface area contributed by atoms with E-state index in [4.69, 9.17) is 9.15 Å². The summed E-state index contributed by atoms with van der Waals surface area (Å²) in [5.74, 6) is -4.70. The van der Waals surface area contributed by atoms with Gasteiger partial charge in [-0.25, -0.2) is 13.6 Å². The summed E-state index contributed by atoms with van der Waals surface area (Å²) in [7, 11) is 0. The average Bonchev–Trinajstić information content (AvgIpc) is 3.34. The predicted octanol–water partition coefficient (Wildman–Crippen LogP) is 5.48. The lowest BCUT2D eigenvalue weighted by molar-refractivity contribution is -0.162. The van der Waals surface area contributed by atoms with Gasteiger partial charge in [-0.1, -0.05) is 6.07 Å². The summed E-state index contributed by atoms with van der Waals surface area (Å²) in [5, 5.41) is 2.16. The zero-order valence-corrected chi connectivity index (χ0v) is 20.3. The zero-order valence-electron chi connectivity index (χ0n) is 20.3. The van der Waals surface area contributed by atoms with Crippen LogP contribution in [-0.4, -0.2) is 59.7 Å². The Hall–Kier alpha value is -4.11. The van der Waals surface area contributed by atoms with Crippen LogP contribution in [0, 0.1) is 6.92 Å². The first-order valence-corrected chi connectivity index (χ1v) is 11.4. The van der Waals surface area contributed by atoms with Gasteiger partial charge in [-0.2, -0.15) is 26.3 Å². The topological polar surface area (TPSA) is 93.9 Å². The molecule has 2 aromatic heterocycles. The molecule has 216 valence electrons. The van der Waals surface area contributed by atoms with Crippen molar-refractivity contribution in [2.75, 3.05) is 19.7 Å². The largest absolute Gasteiger partial charge is 0.489 e. The van der Waals surface area contributed by atoms with Crippen LogP contribution in [0.1, 0.15) is 27.4 Å². The van der Waals surface area contributed by atoms with Crippen LogP contribution in [0.3, 0.4) is 0 Å². The first-order valence-electron chi connectivity index (χ1n) is 11.4. The Bertz CT molecular complexity index is 1420. The van der Waals surface area contributed by atoms with Crippen molar-refractivity contribution >= 4 is 23.0 Å². The van der Waals surface area contributed by atoms with Crippen molar-refractivity contribution < 1.29 is 58.6 Å². The summed E-state index contributed by atoms with van der Waals surface area (Å²) in [6.45, 7) is -3.24. The lowest BCUT2D eigenvalue weighted by Crippen LogP contribution is -2.46. The van der Waals surface area contributed by atoms with Gasteiger partial charge in [0.1, 0.15) is 29.7 Å². The summed E-state index contributed by atoms with van der Waals surface area (Å²) in [6, 6.07) is 4.53. The minimum Gasteiger partial charge on any atom is -0.489 e. The minimum atomic E-state index is -4.85. The third-order valence-corrected chi connectivity index (χ3v) is 5.85. The number of aromatic nitrogens is 1. The SMILES string of the molecule is Cc1oc2ccc(OCc3cccnc3C(F)(F)F)cc2c1C(=O)N[C@@H]1CN(C(=O)OCC(F)(F)F)CC1(F)F. The van der Waals surface area contributed by atoms with E-state index in [0.717, 1.165) is 6.20 Å². The number of aryl methyl sites for hydroxylation is 1. The highest BCUT2D eigenvalue weighted by Gasteiger charge is 2.51. The Labute approximate surface area is 219 Å². The number of hydrogen-bond acceptors (Lipinski definition) is 6. The Balaban J connectivity index is 1.50. The summed E-state index contributed by atoms with van der Waals surface area (Å²) >= 11 is 0. The Morgan fingerprint density at radius 1 is 1.18 bits per heavy atom. The van der Waals surface area contributed by atoms with Crippen molar-refractivity contribution in [2.45, 2.75) is 37.8 Å². The molecule has 2 amide bonds. The van der Waals surface area contributed by atoms with Gasteiger partial charge in [0.15, 0.2) is 12.3 Å². The lowest BCUT2D eigenvalue weighted by atomic mass is 10.1. The van der Waals surface area contributed by atoms with Gasteiger partial charge in [0.25, 0.3) is 11.8 Å². The first-order chi connectivity index (χ1) is 18.5. The van der Waals surface area contributed by atoms with Crippen LogP contribution in [0.2, 0.25) is 0 Å². The van der Waals surface area contributed by atoms with Crippen LogP contribution in [0.25, 0.3) is 11.0 Å². The van der Waals surface area contributed by atoms with E-state index in [0.29, 0.717) is 4.90 Å². The second-order valence-corrected chi connectivity index (χ2v) is 8.83. The van der Waals surface area contributed by atoms with Gasteiger partial charge >= 0.3 is 18.4 Å². The summed E-state index contributed by atoms with van der Waals surface area (Å²) in [6.07, 6.45) is -10.2. The first kappa shape index (κ1) is 28.9. The average molecular weight is 581 g/mol. The molecule has 0 aliphatic carbocycles. The van der Waals surface area contributed by atoms with Crippen molar-refractivity contribution in [1.82, 2.24) is 15.2 Å². The van der Waals surface area contributed by atoms with Crippen LogP contribution in [0.5, 0.6) is 5.75 Å². The second-order valence-electron chi connectivity index (χ2n) is 8.83. The number of rotatable bonds is 6. The van der Waals surface area contributed by atoms with E-state index in [-0.39, 0.29) is 33.6 Å². The number of fused-ring (bicyclic) bond motifs is 1. The maximum absolute atomic E-state index is 14.5. The van der Waals surface area contributed by atoms with E-state index in [2.05, 4.69) is 15.0 Å². The van der Waals surface area contributed by atoms with E-state index < -0.39 is 68.3 Å². The van der Waals surface area contributed by atoms with E-state index in [9.17, 15) is 44.7 Å². The van der Waals surface area contributed by atoms with Gasteiger partial charge in [-0.05, 0) is 31.2 Å². The summed E-state index contributed by atoms with van der Waals surface area (Å²) in [4.78, 5) is 28.5. The number of alkyl halides is 8. The monoisotopic (exact) mass is 581 g/mol. The molecule has 1 fully saturated rings. The van der Waals surface area contributed by atoms with Crippen LogP contribution < -0.4 is 10.1 Å². The molecule has 1 atom stereocenters. The maximum atomic E-state index is 14.5. The summed E-state index contributed by atoms with van der Waals surface area (Å²) in [5.41, 5.74) is -1.43. The van der Waals surface area contributed by atoms with Crippen LogP contribution in [0.15, 0.2) is 40.9 Å². The third-order valence-electron chi connectivity index (χ3n) is 5.85. The zero-order chi connectivity index (χ0) is 29.5. The number of hydrogen-bond donors (Lipinski definition) is 1. The van der Waals surface area contributed by atoms with Gasteiger partial charge < -0.3 is 19.2 Å². The number of ether oxygens (including phenoxy) is 2. The molecule has 0 unspecified atom stereocenters. The van der Waals surface area contributed by atoms with Gasteiger partial charge in [-0.3, -0.25) is 14.7 Å². The molecule has 8 nitrogen and oxygen atoms in total. The molecular formula is C24H19F8N3O5. The highest BCUT2D eigenvalue weighted by molar-refractivity contribution is 6.07. The Morgan fingerprint density at radius 2 is 1.90 bits per heavy atom. The van der Waals surface area contributed by atoms with Gasteiger partial charge in [0.05, 0.1) is 18.7 Å². The molecule has 3 heterocycles. The smallest absolute Gasteiger partial charge is 0.433 e. The molecule has 16 heteroatoms. The van der Waals surface area contributed by atoms with Crippen LogP contribution >= 0.6 is 0 Å². The number of nitrogens with zero attached hydrogens (tertiary/aromatic N) is 2. The van der Waals surface area contributed by atoms with Crippen molar-refractivity contribution in [3.8, 4) is 5.75 Å². The minimum absolute atomic E-state index is 0.0130. The molecule has 4 rings (SSSR count). The van der Waals surface area contributed by atoms with Crippen molar-refractivity contribution in [1.29, 1.82) is 0 Å². The standard InChI is InChI=1S/C24H19F8N3O5/c1-12-18(20(36)34-17-8-35(10-22(17,25)26)21(37)39-11-23(27,28)29)15-7-14(4-5-16(15)40-12)38-9-13-3-2-6-33-19(13)24(30,31)32/h2-7,17H,8-11H2,1H3,(H,34,36)/t17-/m1/s1. The molecule has 1 aromatic carbocycles. The van der Waals surface area contributed by atoms with E-state index in [1.54, 1.807) is 0 Å². The number of furan rings is 1. The van der Waals surface area contributed by atoms with Crippen LogP contribution in [0.4, 0.5) is 39.9 Å². The normalized spacial score (nSPS) is 17.2. The second kappa shape index (κ2) is 10.5. The molecule has 0 saturated carbocycles. The third kappa shape index (κ3) is 6.37. The molecule has 0 bridgehead atoms. The number of nitrogens with one attached hydrogen (secondary N) is 1. The molecule has 0 spiro atoms. The molecule has 1 aliphatic heterocycles. The molecule has 1 saturated heterocycles. The molecule has 40 heavy (non-hydrogen) atoms. The van der Waals surface area contributed by atoms with Gasteiger partial charge in [-0.15, -0.1) is 0 Å². The number of benzene rings is 1. The number of carbonyl (C=O) groups excluding carboxylic acids is 2. The Morgan fingerprint density at radius 3 is 2.58 bits per heavy atom. The fourth-order valence-electron chi connectivity index (χ4n) is 4.08. The number of carbonyl (C=O) groups is 2. The van der Waals surface area contributed by atoms with E-state index in [1.165, 1.54) is 37.3 Å². The highest BCUT2D eigenvalue weighted by atomic mass is 19.4. The number of likely N-dealkylation sites (tertiary alicyclic amines) is 1. The van der Waals surface area contributed by atoms with Gasteiger partial charge in [0.2, 0.25) is 0 Å². The fraction of sp³-hybridized carbons (Fsp3) is 0.375. The number of amides is 2. The van der Waals surface area contributed by atoms with Crippen LogP contribution in [-0.2, 0) is 17.5 Å². The van der Waals surface area contributed by atoms with Crippen molar-refractivity contribution in [3.63, 3.8) is 0 Å². The van der Waals surface area contributed by atoms with Crippen molar-refractivity contribution in [2.24, 2.45) is 0 Å². The molecule has 0 radical (unpaired) electrons. The Kier molecular flexibility index (Phi) is 7.56. The van der Waals surface area contributed by atoms with E-state index in [1.807, 2.05) is 0 Å². The van der Waals surface area contributed by atoms with E-state index >= 15 is 0 Å².